The molecule has 2 rings (SSSR count). The van der Waals surface area contributed by atoms with Gasteiger partial charge in [0.25, 0.3) is 0 Å². The minimum Gasteiger partial charge on any atom is -0.380 e. The molecule has 0 radical (unpaired) electrons. The molecule has 1 saturated carbocycles. The van der Waals surface area contributed by atoms with Gasteiger partial charge in [-0.2, -0.15) is 0 Å². The summed E-state index contributed by atoms with van der Waals surface area (Å²) in [5.41, 5.74) is 6.13. The number of nitrogens with two attached hydrogens (primary N) is 1. The van der Waals surface area contributed by atoms with Crippen LogP contribution in [0.4, 0.5) is 0 Å². The van der Waals surface area contributed by atoms with Crippen molar-refractivity contribution in [2.45, 2.75) is 44.2 Å². The van der Waals surface area contributed by atoms with Crippen LogP contribution >= 0.6 is 0 Å². The second-order valence-corrected chi connectivity index (χ2v) is 5.18. The van der Waals surface area contributed by atoms with E-state index in [2.05, 4.69) is 11.9 Å². The largest absolute Gasteiger partial charge is 0.380 e. The number of hydrogen-bond acceptors (Lipinski definition) is 3. The van der Waals surface area contributed by atoms with Gasteiger partial charge >= 0.3 is 0 Å². The highest BCUT2D eigenvalue weighted by atomic mass is 16.5. The van der Waals surface area contributed by atoms with Gasteiger partial charge in [0, 0.05) is 25.2 Å². The Kier molecular flexibility index (Phi) is 4.00. The zero-order valence-corrected chi connectivity index (χ0v) is 9.82. The Bertz CT molecular complexity index is 192. The molecule has 1 heterocycles. The van der Waals surface area contributed by atoms with Crippen molar-refractivity contribution in [3.8, 4) is 0 Å². The summed E-state index contributed by atoms with van der Waals surface area (Å²) in [4.78, 5) is 2.43. The Morgan fingerprint density at radius 2 is 2.00 bits per heavy atom. The minimum atomic E-state index is 0.310. The summed E-state index contributed by atoms with van der Waals surface area (Å²) in [6.07, 6.45) is 6.68. The Labute approximate surface area is 93.0 Å². The van der Waals surface area contributed by atoms with Gasteiger partial charge in [-0.25, -0.2) is 0 Å². The van der Waals surface area contributed by atoms with Gasteiger partial charge in [-0.1, -0.05) is 12.8 Å². The van der Waals surface area contributed by atoms with Crippen LogP contribution in [-0.4, -0.2) is 43.8 Å². The smallest absolute Gasteiger partial charge is 0.0636 e. The van der Waals surface area contributed by atoms with Crippen molar-refractivity contribution in [2.75, 3.05) is 26.8 Å². The molecule has 0 aromatic carbocycles. The van der Waals surface area contributed by atoms with Crippen LogP contribution in [0, 0.1) is 5.92 Å². The van der Waals surface area contributed by atoms with Crippen molar-refractivity contribution in [1.82, 2.24) is 4.90 Å². The monoisotopic (exact) mass is 212 g/mol. The summed E-state index contributed by atoms with van der Waals surface area (Å²) in [5, 5.41) is 0. The number of likely N-dealkylation sites (N-methyl/N-ethyl adjacent to an activating group) is 1. The first-order valence-electron chi connectivity index (χ1n) is 6.31. The van der Waals surface area contributed by atoms with Crippen molar-refractivity contribution in [3.63, 3.8) is 0 Å². The van der Waals surface area contributed by atoms with Crippen LogP contribution in [0.2, 0.25) is 0 Å². The van der Waals surface area contributed by atoms with Crippen LogP contribution < -0.4 is 5.73 Å². The van der Waals surface area contributed by atoms with Crippen molar-refractivity contribution >= 4 is 0 Å². The lowest BCUT2D eigenvalue weighted by atomic mass is 10.0. The standard InChI is InChI=1S/C12H24N2O/c1-14(8-10-4-2-3-5-10)12-9-15-7-6-11(12)13/h10-12H,2-9,13H2,1H3. The van der Waals surface area contributed by atoms with Gasteiger partial charge in [0.05, 0.1) is 6.61 Å². The fourth-order valence-electron chi connectivity index (χ4n) is 2.93. The van der Waals surface area contributed by atoms with E-state index in [1.165, 1.54) is 32.2 Å². The SMILES string of the molecule is CN(CC1CCCC1)C1COCCC1N. The zero-order valence-electron chi connectivity index (χ0n) is 9.82. The van der Waals surface area contributed by atoms with Crippen LogP contribution in [-0.2, 0) is 4.74 Å². The molecule has 88 valence electrons. The van der Waals surface area contributed by atoms with Crippen LogP contribution in [0.1, 0.15) is 32.1 Å². The molecule has 1 saturated heterocycles. The zero-order chi connectivity index (χ0) is 10.7. The van der Waals surface area contributed by atoms with Crippen molar-refractivity contribution in [2.24, 2.45) is 11.7 Å². The number of ether oxygens (including phenoxy) is 1. The number of nitrogens with zero attached hydrogens (tertiary/aromatic N) is 1. The van der Waals surface area contributed by atoms with E-state index in [0.29, 0.717) is 12.1 Å². The topological polar surface area (TPSA) is 38.5 Å². The fraction of sp³-hybridized carbons (Fsp3) is 1.00. The quantitative estimate of drug-likeness (QED) is 0.764. The van der Waals surface area contributed by atoms with Gasteiger partial charge in [-0.3, -0.25) is 4.90 Å². The lowest BCUT2D eigenvalue weighted by Gasteiger charge is -2.37. The average molecular weight is 212 g/mol. The maximum absolute atomic E-state index is 6.13. The van der Waals surface area contributed by atoms with Gasteiger partial charge in [-0.05, 0) is 32.2 Å². The summed E-state index contributed by atoms with van der Waals surface area (Å²) in [6, 6.07) is 0.754. The van der Waals surface area contributed by atoms with E-state index in [1.807, 2.05) is 0 Å². The lowest BCUT2D eigenvalue weighted by molar-refractivity contribution is 0.0108. The van der Waals surface area contributed by atoms with E-state index in [0.717, 1.165) is 25.6 Å². The van der Waals surface area contributed by atoms with Gasteiger partial charge in [-0.15, -0.1) is 0 Å². The molecule has 0 spiro atoms. The Balaban J connectivity index is 1.80. The molecule has 0 amide bonds. The van der Waals surface area contributed by atoms with Gasteiger partial charge in [0.15, 0.2) is 0 Å². The summed E-state index contributed by atoms with van der Waals surface area (Å²) in [7, 11) is 2.21. The summed E-state index contributed by atoms with van der Waals surface area (Å²) >= 11 is 0. The predicted octanol–water partition coefficient (Wildman–Crippen LogP) is 1.22. The molecule has 0 bridgehead atoms. The highest BCUT2D eigenvalue weighted by molar-refractivity contribution is 4.85. The number of rotatable bonds is 3. The van der Waals surface area contributed by atoms with Crippen LogP contribution in [0.25, 0.3) is 0 Å². The first-order valence-corrected chi connectivity index (χ1v) is 6.31. The second kappa shape index (κ2) is 5.28. The van der Waals surface area contributed by atoms with E-state index in [-0.39, 0.29) is 0 Å². The van der Waals surface area contributed by atoms with E-state index in [4.69, 9.17) is 10.5 Å². The molecule has 2 N–H and O–H groups in total. The lowest BCUT2D eigenvalue weighted by Crippen LogP contribution is -2.53. The second-order valence-electron chi connectivity index (χ2n) is 5.18. The molecule has 0 aromatic rings. The normalized spacial score (nSPS) is 33.8. The van der Waals surface area contributed by atoms with Gasteiger partial charge < -0.3 is 10.5 Å². The van der Waals surface area contributed by atoms with Gasteiger partial charge in [0.2, 0.25) is 0 Å². The number of hydrogen-bond donors (Lipinski definition) is 1. The molecule has 2 atom stereocenters. The van der Waals surface area contributed by atoms with E-state index in [1.54, 1.807) is 0 Å². The molecule has 1 aliphatic carbocycles. The summed E-state index contributed by atoms with van der Waals surface area (Å²) < 4.78 is 5.52. The molecular weight excluding hydrogens is 188 g/mol. The fourth-order valence-corrected chi connectivity index (χ4v) is 2.93. The Morgan fingerprint density at radius 1 is 1.27 bits per heavy atom. The average Bonchev–Trinajstić information content (AvgIpc) is 2.71. The highest BCUT2D eigenvalue weighted by Crippen LogP contribution is 2.26. The third-order valence-electron chi connectivity index (χ3n) is 3.97. The summed E-state index contributed by atoms with van der Waals surface area (Å²) in [5.74, 6) is 0.907. The first kappa shape index (κ1) is 11.4. The Hall–Kier alpha value is -0.120. The van der Waals surface area contributed by atoms with Crippen molar-refractivity contribution in [3.05, 3.63) is 0 Å². The summed E-state index contributed by atoms with van der Waals surface area (Å²) in [6.45, 7) is 2.88. The molecule has 0 aromatic heterocycles. The van der Waals surface area contributed by atoms with E-state index < -0.39 is 0 Å². The molecule has 3 heteroatoms. The van der Waals surface area contributed by atoms with Gasteiger partial charge in [0.1, 0.15) is 0 Å². The van der Waals surface area contributed by atoms with Crippen LogP contribution in [0.3, 0.4) is 0 Å². The van der Waals surface area contributed by atoms with Crippen LogP contribution in [0.15, 0.2) is 0 Å². The molecule has 2 fully saturated rings. The van der Waals surface area contributed by atoms with Crippen LogP contribution in [0.5, 0.6) is 0 Å². The third kappa shape index (κ3) is 2.92. The van der Waals surface area contributed by atoms with E-state index >= 15 is 0 Å². The highest BCUT2D eigenvalue weighted by Gasteiger charge is 2.28. The molecule has 15 heavy (non-hydrogen) atoms. The molecule has 1 aliphatic heterocycles. The minimum absolute atomic E-state index is 0.310. The predicted molar refractivity (Wildman–Crippen MR) is 61.8 cm³/mol. The maximum Gasteiger partial charge on any atom is 0.0636 e. The van der Waals surface area contributed by atoms with Crippen molar-refractivity contribution in [1.29, 1.82) is 0 Å². The van der Waals surface area contributed by atoms with E-state index in [9.17, 15) is 0 Å². The first-order chi connectivity index (χ1) is 7.27. The maximum atomic E-state index is 6.13. The molecule has 2 unspecified atom stereocenters. The third-order valence-corrected chi connectivity index (χ3v) is 3.97. The Morgan fingerprint density at radius 3 is 2.67 bits per heavy atom. The molecule has 2 aliphatic rings. The molecular formula is C12H24N2O. The molecule has 3 nitrogen and oxygen atoms in total. The van der Waals surface area contributed by atoms with Crippen molar-refractivity contribution < 1.29 is 4.74 Å².